The Bertz CT molecular complexity index is 629. The van der Waals surface area contributed by atoms with Crippen molar-refractivity contribution in [3.8, 4) is 0 Å². The molecular weight excluding hydrogens is 245 g/mol. The Hall–Kier alpha value is -1.88. The van der Waals surface area contributed by atoms with E-state index in [4.69, 9.17) is 0 Å². The van der Waals surface area contributed by atoms with Crippen LogP contribution in [0.4, 0.5) is 4.39 Å². The summed E-state index contributed by atoms with van der Waals surface area (Å²) in [5.41, 5.74) is 1.46. The highest BCUT2D eigenvalue weighted by molar-refractivity contribution is 6.07. The molecule has 19 heavy (non-hydrogen) atoms. The number of fused-ring (bicyclic) bond motifs is 1. The minimum Gasteiger partial charge on any atom is -0.350 e. The molecule has 0 saturated carbocycles. The largest absolute Gasteiger partial charge is 0.350 e. The zero-order valence-corrected chi connectivity index (χ0v) is 10.8. The molecule has 4 nitrogen and oxygen atoms in total. The van der Waals surface area contributed by atoms with E-state index in [1.54, 1.807) is 12.3 Å². The van der Waals surface area contributed by atoms with Gasteiger partial charge in [-0.3, -0.25) is 4.79 Å². The fraction of sp³-hybridized carbons (Fsp3) is 0.357. The van der Waals surface area contributed by atoms with Gasteiger partial charge in [-0.2, -0.15) is 0 Å². The normalized spacial score (nSPS) is 16.0. The number of hydrogen-bond donors (Lipinski definition) is 1. The van der Waals surface area contributed by atoms with Crippen molar-refractivity contribution in [1.82, 2.24) is 14.8 Å². The molecule has 1 fully saturated rings. The van der Waals surface area contributed by atoms with Gasteiger partial charge >= 0.3 is 0 Å². The topological polar surface area (TPSA) is 37.3 Å². The van der Waals surface area contributed by atoms with Gasteiger partial charge in [-0.25, -0.2) is 4.39 Å². The van der Waals surface area contributed by atoms with Crippen molar-refractivity contribution < 1.29 is 9.18 Å². The second kappa shape index (κ2) is 4.66. The first-order valence-corrected chi connectivity index (χ1v) is 6.41. The van der Waals surface area contributed by atoms with E-state index >= 15 is 0 Å². The third-order valence-corrected chi connectivity index (χ3v) is 3.59. The first-order valence-electron chi connectivity index (χ1n) is 6.41. The Morgan fingerprint density at radius 2 is 2.05 bits per heavy atom. The molecule has 0 spiro atoms. The molecule has 1 aliphatic rings. The van der Waals surface area contributed by atoms with Crippen molar-refractivity contribution in [2.75, 3.05) is 26.2 Å². The second-order valence-electron chi connectivity index (χ2n) is 4.86. The summed E-state index contributed by atoms with van der Waals surface area (Å²) in [6.07, 6.45) is 1.79. The van der Waals surface area contributed by atoms with Crippen LogP contribution in [0.1, 0.15) is 10.4 Å². The van der Waals surface area contributed by atoms with E-state index in [9.17, 15) is 9.18 Å². The zero-order chi connectivity index (χ0) is 13.4. The molecule has 0 radical (unpaired) electrons. The fourth-order valence-corrected chi connectivity index (χ4v) is 2.57. The first kappa shape index (κ1) is 12.2. The van der Waals surface area contributed by atoms with Gasteiger partial charge in [0.25, 0.3) is 5.91 Å². The highest BCUT2D eigenvalue weighted by Crippen LogP contribution is 2.23. The predicted octanol–water partition coefficient (Wildman–Crippen LogP) is 1.36. The van der Waals surface area contributed by atoms with Crippen LogP contribution in [0.5, 0.6) is 0 Å². The molecule has 2 aromatic rings. The number of aromatic nitrogens is 1. The number of nitrogens with one attached hydrogen (secondary N) is 1. The van der Waals surface area contributed by atoms with E-state index in [0.717, 1.165) is 18.6 Å². The summed E-state index contributed by atoms with van der Waals surface area (Å²) >= 11 is 0. The molecule has 1 aromatic heterocycles. The average molecular weight is 261 g/mol. The molecule has 1 saturated heterocycles. The summed E-state index contributed by atoms with van der Waals surface area (Å²) in [6, 6.07) is 4.56. The molecule has 0 unspecified atom stereocenters. The van der Waals surface area contributed by atoms with Gasteiger partial charge in [-0.05, 0) is 18.2 Å². The maximum absolute atomic E-state index is 13.4. The van der Waals surface area contributed by atoms with E-state index in [-0.39, 0.29) is 11.7 Å². The number of carbonyl (C=O) groups is 1. The van der Waals surface area contributed by atoms with E-state index in [1.165, 1.54) is 12.1 Å². The average Bonchev–Trinajstić information content (AvgIpc) is 2.75. The maximum atomic E-state index is 13.4. The molecule has 5 heteroatoms. The van der Waals surface area contributed by atoms with Gasteiger partial charge in [0.15, 0.2) is 0 Å². The third-order valence-electron chi connectivity index (χ3n) is 3.59. The molecule has 0 bridgehead atoms. The van der Waals surface area contributed by atoms with Crippen molar-refractivity contribution in [3.63, 3.8) is 0 Å². The quantitative estimate of drug-likeness (QED) is 0.841. The Morgan fingerprint density at radius 1 is 1.32 bits per heavy atom. The minimum absolute atomic E-state index is 0.0160. The molecule has 100 valence electrons. The molecule has 0 atom stereocenters. The monoisotopic (exact) mass is 261 g/mol. The van der Waals surface area contributed by atoms with Gasteiger partial charge in [0.05, 0.1) is 5.56 Å². The Balaban J connectivity index is 2.04. The zero-order valence-electron chi connectivity index (χ0n) is 10.8. The summed E-state index contributed by atoms with van der Waals surface area (Å²) in [5, 5.41) is 3.90. The summed E-state index contributed by atoms with van der Waals surface area (Å²) in [5.74, 6) is -0.328. The van der Waals surface area contributed by atoms with Gasteiger partial charge in [0.1, 0.15) is 5.82 Å². The number of carbonyl (C=O) groups excluding carboxylic acids is 1. The van der Waals surface area contributed by atoms with Crippen LogP contribution < -0.4 is 5.32 Å². The number of nitrogens with zero attached hydrogens (tertiary/aromatic N) is 2. The second-order valence-corrected chi connectivity index (χ2v) is 4.86. The van der Waals surface area contributed by atoms with E-state index in [1.807, 2.05) is 16.5 Å². The van der Waals surface area contributed by atoms with Crippen LogP contribution in [0.3, 0.4) is 0 Å². The lowest BCUT2D eigenvalue weighted by Gasteiger charge is -2.27. The molecule has 0 aliphatic carbocycles. The highest BCUT2D eigenvalue weighted by Gasteiger charge is 2.21. The summed E-state index contributed by atoms with van der Waals surface area (Å²) in [4.78, 5) is 14.3. The standard InChI is InChI=1S/C14H16FN3O/c1-17-9-12(11-8-10(15)2-3-13(11)17)14(19)18-6-4-16-5-7-18/h2-3,8-9,16H,4-7H2,1H3. The van der Waals surface area contributed by atoms with Gasteiger partial charge in [0.2, 0.25) is 0 Å². The van der Waals surface area contributed by atoms with Crippen molar-refractivity contribution >= 4 is 16.8 Å². The Kier molecular flexibility index (Phi) is 2.98. The number of halogens is 1. The smallest absolute Gasteiger partial charge is 0.256 e. The molecule has 1 N–H and O–H groups in total. The molecule has 1 amide bonds. The number of piperazine rings is 1. The molecular formula is C14H16FN3O. The molecule has 3 rings (SSSR count). The number of aryl methyl sites for hydroxylation is 1. The molecule has 1 aromatic carbocycles. The molecule has 1 aliphatic heterocycles. The molecule has 2 heterocycles. The predicted molar refractivity (Wildman–Crippen MR) is 71.7 cm³/mol. The highest BCUT2D eigenvalue weighted by atomic mass is 19.1. The van der Waals surface area contributed by atoms with Crippen LogP contribution in [0, 0.1) is 5.82 Å². The summed E-state index contributed by atoms with van der Waals surface area (Å²) in [6.45, 7) is 3.02. The van der Waals surface area contributed by atoms with Crippen LogP contribution in [-0.4, -0.2) is 41.6 Å². The Labute approximate surface area is 110 Å². The lowest BCUT2D eigenvalue weighted by molar-refractivity contribution is 0.0737. The number of benzene rings is 1. The SMILES string of the molecule is Cn1cc(C(=O)N2CCNCC2)c2cc(F)ccc21. The van der Waals surface area contributed by atoms with Crippen LogP contribution in [-0.2, 0) is 7.05 Å². The third kappa shape index (κ3) is 2.10. The number of amides is 1. The Morgan fingerprint density at radius 3 is 2.79 bits per heavy atom. The van der Waals surface area contributed by atoms with Crippen LogP contribution in [0.15, 0.2) is 24.4 Å². The number of hydrogen-bond acceptors (Lipinski definition) is 2. The minimum atomic E-state index is -0.312. The summed E-state index contributed by atoms with van der Waals surface area (Å²) in [7, 11) is 1.87. The van der Waals surface area contributed by atoms with E-state index in [0.29, 0.717) is 24.0 Å². The fourth-order valence-electron chi connectivity index (χ4n) is 2.57. The van der Waals surface area contributed by atoms with Crippen molar-refractivity contribution in [2.24, 2.45) is 7.05 Å². The first-order chi connectivity index (χ1) is 9.16. The summed E-state index contributed by atoms with van der Waals surface area (Å²) < 4.78 is 15.3. The number of rotatable bonds is 1. The van der Waals surface area contributed by atoms with Crippen LogP contribution >= 0.6 is 0 Å². The van der Waals surface area contributed by atoms with Crippen molar-refractivity contribution in [1.29, 1.82) is 0 Å². The van der Waals surface area contributed by atoms with Gasteiger partial charge in [-0.1, -0.05) is 0 Å². The van der Waals surface area contributed by atoms with Crippen molar-refractivity contribution in [3.05, 3.63) is 35.8 Å². The maximum Gasteiger partial charge on any atom is 0.256 e. The lowest BCUT2D eigenvalue weighted by Crippen LogP contribution is -2.46. The van der Waals surface area contributed by atoms with Gasteiger partial charge < -0.3 is 14.8 Å². The lowest BCUT2D eigenvalue weighted by atomic mass is 10.1. The van der Waals surface area contributed by atoms with E-state index in [2.05, 4.69) is 5.32 Å². The van der Waals surface area contributed by atoms with E-state index < -0.39 is 0 Å². The van der Waals surface area contributed by atoms with Crippen LogP contribution in [0.2, 0.25) is 0 Å². The van der Waals surface area contributed by atoms with Gasteiger partial charge in [-0.15, -0.1) is 0 Å². The van der Waals surface area contributed by atoms with Gasteiger partial charge in [0, 0.05) is 50.3 Å². The van der Waals surface area contributed by atoms with Crippen LogP contribution in [0.25, 0.3) is 10.9 Å². The van der Waals surface area contributed by atoms with Crippen molar-refractivity contribution in [2.45, 2.75) is 0 Å².